The quantitative estimate of drug-likeness (QED) is 0.753. The average Bonchev–Trinajstić information content (AvgIpc) is 2.55. The minimum absolute atomic E-state index is 0.0561. The van der Waals surface area contributed by atoms with Crippen LogP contribution in [-0.4, -0.2) is 20.4 Å². The lowest BCUT2D eigenvalue weighted by atomic mass is 10.2. The Balaban J connectivity index is 2.12. The molecule has 1 amide bonds. The van der Waals surface area contributed by atoms with Crippen LogP contribution in [0.2, 0.25) is 5.02 Å². The lowest BCUT2D eigenvalue weighted by Crippen LogP contribution is -2.28. The van der Waals surface area contributed by atoms with Crippen LogP contribution in [0, 0.1) is 0 Å². The number of amides is 1. The zero-order valence-electron chi connectivity index (χ0n) is 13.9. The van der Waals surface area contributed by atoms with Gasteiger partial charge in [-0.15, -0.1) is 0 Å². The molecule has 2 rings (SSSR count). The van der Waals surface area contributed by atoms with E-state index in [0.717, 1.165) is 5.56 Å². The van der Waals surface area contributed by atoms with E-state index in [1.807, 2.05) is 13.8 Å². The molecule has 0 spiro atoms. The Bertz CT molecular complexity index is 875. The number of hydrogen-bond donors (Lipinski definition) is 2. The molecule has 0 heterocycles. The lowest BCUT2D eigenvalue weighted by Gasteiger charge is -2.09. The van der Waals surface area contributed by atoms with Gasteiger partial charge in [0.15, 0.2) is 0 Å². The number of benzene rings is 2. The van der Waals surface area contributed by atoms with Gasteiger partial charge in [0, 0.05) is 12.1 Å². The third-order valence-electron chi connectivity index (χ3n) is 3.17. The van der Waals surface area contributed by atoms with Crippen LogP contribution in [-0.2, 0) is 14.8 Å². The molecule has 7 heteroatoms. The molecule has 0 unspecified atom stereocenters. The van der Waals surface area contributed by atoms with E-state index in [-0.39, 0.29) is 16.8 Å². The number of anilines is 1. The van der Waals surface area contributed by atoms with Crippen molar-refractivity contribution in [3.05, 3.63) is 65.2 Å². The fraction of sp³-hybridized carbons (Fsp3) is 0.167. The van der Waals surface area contributed by atoms with E-state index >= 15 is 0 Å². The summed E-state index contributed by atoms with van der Waals surface area (Å²) in [5.74, 6) is -0.202. The molecular weight excluding hydrogens is 360 g/mol. The van der Waals surface area contributed by atoms with E-state index in [4.69, 9.17) is 11.6 Å². The minimum atomic E-state index is -3.74. The third kappa shape index (κ3) is 5.62. The first-order chi connectivity index (χ1) is 11.8. The molecular formula is C18H19ClN2O3S. The largest absolute Gasteiger partial charge is 0.350 e. The number of para-hydroxylation sites is 1. The summed E-state index contributed by atoms with van der Waals surface area (Å²) >= 11 is 5.98. The van der Waals surface area contributed by atoms with E-state index in [0.29, 0.717) is 10.7 Å². The summed E-state index contributed by atoms with van der Waals surface area (Å²) in [6.45, 7) is 3.74. The maximum absolute atomic E-state index is 12.4. The van der Waals surface area contributed by atoms with E-state index in [9.17, 15) is 13.2 Å². The SMILES string of the molecule is CC(C)NC(=O)C=Cc1ccc(S(=O)(=O)Nc2ccccc2Cl)cc1. The number of carbonyl (C=O) groups is 1. The van der Waals surface area contributed by atoms with Gasteiger partial charge in [0.1, 0.15) is 0 Å². The third-order valence-corrected chi connectivity index (χ3v) is 4.88. The molecule has 0 aliphatic heterocycles. The first-order valence-electron chi connectivity index (χ1n) is 7.64. The smallest absolute Gasteiger partial charge is 0.261 e. The van der Waals surface area contributed by atoms with Crippen LogP contribution in [0.15, 0.2) is 59.5 Å². The summed E-state index contributed by atoms with van der Waals surface area (Å²) in [5, 5.41) is 3.06. The van der Waals surface area contributed by atoms with Gasteiger partial charge in [-0.2, -0.15) is 0 Å². The maximum atomic E-state index is 12.4. The van der Waals surface area contributed by atoms with E-state index < -0.39 is 10.0 Å². The van der Waals surface area contributed by atoms with E-state index in [1.165, 1.54) is 18.2 Å². The van der Waals surface area contributed by atoms with Crippen molar-refractivity contribution in [3.63, 3.8) is 0 Å². The summed E-state index contributed by atoms with van der Waals surface area (Å²) in [4.78, 5) is 11.7. The topological polar surface area (TPSA) is 75.3 Å². The van der Waals surface area contributed by atoms with Crippen LogP contribution < -0.4 is 10.0 Å². The van der Waals surface area contributed by atoms with Gasteiger partial charge in [0.25, 0.3) is 10.0 Å². The molecule has 2 aromatic carbocycles. The number of nitrogens with one attached hydrogen (secondary N) is 2. The first-order valence-corrected chi connectivity index (χ1v) is 9.50. The standard InChI is InChI=1S/C18H19ClN2O3S/c1-13(2)20-18(22)12-9-14-7-10-15(11-8-14)25(23,24)21-17-6-4-3-5-16(17)19/h3-13,21H,1-2H3,(H,20,22). The Hall–Kier alpha value is -2.31. The summed E-state index contributed by atoms with van der Waals surface area (Å²) in [6.07, 6.45) is 3.03. The summed E-state index contributed by atoms with van der Waals surface area (Å²) < 4.78 is 27.3. The molecule has 0 fully saturated rings. The van der Waals surface area contributed by atoms with Crippen molar-refractivity contribution in [1.82, 2.24) is 5.32 Å². The van der Waals surface area contributed by atoms with Crippen molar-refractivity contribution in [3.8, 4) is 0 Å². The van der Waals surface area contributed by atoms with E-state index in [2.05, 4.69) is 10.0 Å². The highest BCUT2D eigenvalue weighted by Crippen LogP contribution is 2.24. The molecule has 2 N–H and O–H groups in total. The molecule has 5 nitrogen and oxygen atoms in total. The zero-order chi connectivity index (χ0) is 18.4. The van der Waals surface area contributed by atoms with Gasteiger partial charge in [-0.3, -0.25) is 9.52 Å². The van der Waals surface area contributed by atoms with Crippen LogP contribution >= 0.6 is 11.6 Å². The highest BCUT2D eigenvalue weighted by atomic mass is 35.5. The minimum Gasteiger partial charge on any atom is -0.350 e. The monoisotopic (exact) mass is 378 g/mol. The maximum Gasteiger partial charge on any atom is 0.261 e. The van der Waals surface area contributed by atoms with Crippen molar-refractivity contribution in [1.29, 1.82) is 0 Å². The van der Waals surface area contributed by atoms with Crippen LogP contribution in [0.25, 0.3) is 6.08 Å². The van der Waals surface area contributed by atoms with Gasteiger partial charge in [-0.05, 0) is 49.8 Å². The highest BCUT2D eigenvalue weighted by Gasteiger charge is 2.15. The summed E-state index contributed by atoms with van der Waals surface area (Å²) in [6, 6.07) is 12.9. The second kappa shape index (κ2) is 8.18. The second-order valence-electron chi connectivity index (χ2n) is 5.65. The van der Waals surface area contributed by atoms with Crippen LogP contribution in [0.4, 0.5) is 5.69 Å². The van der Waals surface area contributed by atoms with Gasteiger partial charge in [-0.25, -0.2) is 8.42 Å². The Morgan fingerprint density at radius 3 is 2.32 bits per heavy atom. The molecule has 0 atom stereocenters. The molecule has 2 aromatic rings. The average molecular weight is 379 g/mol. The first kappa shape index (κ1) is 19.0. The number of rotatable bonds is 6. The van der Waals surface area contributed by atoms with Crippen molar-refractivity contribution in [2.75, 3.05) is 4.72 Å². The molecule has 132 valence electrons. The Morgan fingerprint density at radius 1 is 1.08 bits per heavy atom. The van der Waals surface area contributed by atoms with Crippen molar-refractivity contribution < 1.29 is 13.2 Å². The molecule has 0 saturated heterocycles. The molecule has 0 aliphatic carbocycles. The molecule has 25 heavy (non-hydrogen) atoms. The number of sulfonamides is 1. The lowest BCUT2D eigenvalue weighted by molar-refractivity contribution is -0.116. The second-order valence-corrected chi connectivity index (χ2v) is 7.74. The van der Waals surface area contributed by atoms with E-state index in [1.54, 1.807) is 42.5 Å². The van der Waals surface area contributed by atoms with Gasteiger partial charge in [0.05, 0.1) is 15.6 Å². The van der Waals surface area contributed by atoms with Crippen LogP contribution in [0.5, 0.6) is 0 Å². The summed E-state index contributed by atoms with van der Waals surface area (Å²) in [5.41, 5.74) is 1.04. The summed E-state index contributed by atoms with van der Waals surface area (Å²) in [7, 11) is -3.74. The predicted octanol–water partition coefficient (Wildman–Crippen LogP) is 3.68. The van der Waals surface area contributed by atoms with Gasteiger partial charge in [0.2, 0.25) is 5.91 Å². The Labute approximate surface area is 152 Å². The van der Waals surface area contributed by atoms with Crippen LogP contribution in [0.1, 0.15) is 19.4 Å². The Morgan fingerprint density at radius 2 is 1.72 bits per heavy atom. The predicted molar refractivity (Wildman–Crippen MR) is 101 cm³/mol. The van der Waals surface area contributed by atoms with Crippen molar-refractivity contribution in [2.45, 2.75) is 24.8 Å². The zero-order valence-corrected chi connectivity index (χ0v) is 15.4. The molecule has 0 aromatic heterocycles. The van der Waals surface area contributed by atoms with Crippen LogP contribution in [0.3, 0.4) is 0 Å². The van der Waals surface area contributed by atoms with Crippen molar-refractivity contribution >= 4 is 39.3 Å². The Kier molecular flexibility index (Phi) is 6.22. The van der Waals surface area contributed by atoms with Gasteiger partial charge >= 0.3 is 0 Å². The van der Waals surface area contributed by atoms with Gasteiger partial charge in [-0.1, -0.05) is 35.9 Å². The molecule has 0 radical (unpaired) electrons. The molecule has 0 saturated carbocycles. The van der Waals surface area contributed by atoms with Gasteiger partial charge < -0.3 is 5.32 Å². The number of halogens is 1. The number of carbonyl (C=O) groups excluding carboxylic acids is 1. The normalized spacial score (nSPS) is 11.7. The molecule has 0 aliphatic rings. The van der Waals surface area contributed by atoms with Crippen molar-refractivity contribution in [2.24, 2.45) is 0 Å². The fourth-order valence-electron chi connectivity index (χ4n) is 2.01. The fourth-order valence-corrected chi connectivity index (χ4v) is 3.33. The number of hydrogen-bond acceptors (Lipinski definition) is 3. The molecule has 0 bridgehead atoms. The highest BCUT2D eigenvalue weighted by molar-refractivity contribution is 7.92.